The molecule has 0 aliphatic carbocycles. The third kappa shape index (κ3) is 4.15. The Morgan fingerprint density at radius 3 is 2.46 bits per heavy atom. The number of benzene rings is 4. The van der Waals surface area contributed by atoms with Crippen LogP contribution in [0.15, 0.2) is 113 Å². The summed E-state index contributed by atoms with van der Waals surface area (Å²) in [6, 6.07) is 40.3. The molecule has 3 heterocycles. The van der Waals surface area contributed by atoms with Crippen LogP contribution in [-0.4, -0.2) is 23.6 Å². The summed E-state index contributed by atoms with van der Waals surface area (Å²) in [5.41, 5.74) is 4.24. The summed E-state index contributed by atoms with van der Waals surface area (Å²) in [5, 5.41) is 2.36. The molecule has 0 atom stereocenters. The van der Waals surface area contributed by atoms with Gasteiger partial charge in [0.25, 0.3) is 0 Å². The Morgan fingerprint density at radius 2 is 1.59 bits per heavy atom. The number of pyridine rings is 1. The predicted molar refractivity (Wildman–Crippen MR) is 148 cm³/mol. The van der Waals surface area contributed by atoms with Crippen LogP contribution in [0, 0.1) is 12.1 Å². The molecule has 4 nitrogen and oxygen atoms in total. The Bertz CT molecular complexity index is 1740. The number of nitrogens with zero attached hydrogens (tertiary/aromatic N) is 3. The van der Waals surface area contributed by atoms with E-state index >= 15 is 0 Å². The van der Waals surface area contributed by atoms with E-state index in [2.05, 4.69) is 94.2 Å². The molecule has 0 amide bonds. The zero-order chi connectivity index (χ0) is 24.1. The zero-order valence-electron chi connectivity index (χ0n) is 19.9. The summed E-state index contributed by atoms with van der Waals surface area (Å²) >= 11 is 1.66. The molecule has 0 radical (unpaired) electrons. The van der Waals surface area contributed by atoms with Crippen molar-refractivity contribution in [3.05, 3.63) is 115 Å². The molecule has 1 aliphatic rings. The fourth-order valence-corrected chi connectivity index (χ4v) is 5.73. The molecule has 0 fully saturated rings. The Balaban J connectivity index is 0.00000252. The van der Waals surface area contributed by atoms with Gasteiger partial charge < -0.3 is 14.0 Å². The Hall–Kier alpha value is -3.47. The molecule has 7 heteroatoms. The molecule has 0 N–H and O–H groups in total. The van der Waals surface area contributed by atoms with Crippen molar-refractivity contribution in [2.75, 3.05) is 11.9 Å². The molecule has 4 aromatic carbocycles. The largest absolute Gasteiger partial charge is 2.00 e. The van der Waals surface area contributed by atoms with E-state index in [-0.39, 0.29) is 28.1 Å². The standard InChI is InChI=1S/C30H20BN3OS.Pt/c1-33-27-13-4-5-14-29(27)35-31(33)21-9-8-10-22(19-21)36-23-16-17-25-24-11-2-3-12-26(24)34(28(25)20-23)30-15-6-7-18-32-30;/h2-18H,1H3;/q-2;+2. The second-order valence-corrected chi connectivity index (χ2v) is 9.83. The Morgan fingerprint density at radius 1 is 0.784 bits per heavy atom. The van der Waals surface area contributed by atoms with Gasteiger partial charge in [0, 0.05) is 11.7 Å². The average Bonchev–Trinajstić information content (AvgIpc) is 3.44. The number of hydrogen-bond acceptors (Lipinski definition) is 4. The first-order valence-electron chi connectivity index (χ1n) is 11.8. The average molecular weight is 676 g/mol. The van der Waals surface area contributed by atoms with E-state index in [0.29, 0.717) is 0 Å². The van der Waals surface area contributed by atoms with Crippen molar-refractivity contribution >= 4 is 51.8 Å². The normalized spacial score (nSPS) is 12.5. The van der Waals surface area contributed by atoms with Gasteiger partial charge in [0.1, 0.15) is 11.6 Å². The van der Waals surface area contributed by atoms with Crippen LogP contribution in [0.25, 0.3) is 27.6 Å². The molecule has 2 aromatic heterocycles. The summed E-state index contributed by atoms with van der Waals surface area (Å²) < 4.78 is 8.42. The van der Waals surface area contributed by atoms with E-state index in [1.54, 1.807) is 11.8 Å². The quantitative estimate of drug-likeness (QED) is 0.166. The van der Waals surface area contributed by atoms with Crippen LogP contribution in [0.3, 0.4) is 0 Å². The second kappa shape index (κ2) is 9.77. The summed E-state index contributed by atoms with van der Waals surface area (Å²) in [5.74, 6) is 1.79. The van der Waals surface area contributed by atoms with E-state index < -0.39 is 0 Å². The number of fused-ring (bicyclic) bond motifs is 4. The van der Waals surface area contributed by atoms with E-state index in [4.69, 9.17) is 4.65 Å². The van der Waals surface area contributed by atoms with Crippen LogP contribution in [-0.2, 0) is 21.1 Å². The number of aromatic nitrogens is 2. The molecular weight excluding hydrogens is 656 g/mol. The fraction of sp³-hybridized carbons (Fsp3) is 0.0333. The van der Waals surface area contributed by atoms with Gasteiger partial charge in [0.2, 0.25) is 0 Å². The summed E-state index contributed by atoms with van der Waals surface area (Å²) in [7, 11) is 1.86. The van der Waals surface area contributed by atoms with E-state index in [9.17, 15) is 0 Å². The molecule has 0 unspecified atom stereocenters. The minimum atomic E-state index is -0.193. The Labute approximate surface area is 234 Å². The summed E-state index contributed by atoms with van der Waals surface area (Å²) in [4.78, 5) is 8.83. The van der Waals surface area contributed by atoms with Crippen molar-refractivity contribution in [2.45, 2.75) is 9.79 Å². The molecule has 180 valence electrons. The van der Waals surface area contributed by atoms with Crippen LogP contribution < -0.4 is 14.9 Å². The van der Waals surface area contributed by atoms with Crippen LogP contribution in [0.2, 0.25) is 0 Å². The van der Waals surface area contributed by atoms with Gasteiger partial charge in [-0.25, -0.2) is 4.98 Å². The molecule has 0 bridgehead atoms. The molecule has 0 saturated heterocycles. The maximum Gasteiger partial charge on any atom is 2.00 e. The van der Waals surface area contributed by atoms with Crippen LogP contribution in [0.1, 0.15) is 0 Å². The van der Waals surface area contributed by atoms with Crippen molar-refractivity contribution in [1.29, 1.82) is 0 Å². The van der Waals surface area contributed by atoms with Gasteiger partial charge in [0.15, 0.2) is 0 Å². The van der Waals surface area contributed by atoms with Gasteiger partial charge in [-0.3, -0.25) is 0 Å². The SMILES string of the molecule is CN1B(c2[c-]c(Sc3[c-]c4c(cc3)c3ccccc3n4-c3ccccn3)ccc2)Oc2ccccc21.[Pt+2]. The monoisotopic (exact) mass is 676 g/mol. The van der Waals surface area contributed by atoms with E-state index in [1.165, 1.54) is 5.39 Å². The molecule has 7 rings (SSSR count). The first kappa shape index (κ1) is 23.9. The van der Waals surface area contributed by atoms with Crippen LogP contribution in [0.5, 0.6) is 5.75 Å². The summed E-state index contributed by atoms with van der Waals surface area (Å²) in [6.45, 7) is 0. The molecular formula is C30H20BN3OPtS. The van der Waals surface area contributed by atoms with Gasteiger partial charge in [0.05, 0.1) is 5.69 Å². The van der Waals surface area contributed by atoms with E-state index in [1.807, 2.05) is 42.6 Å². The molecule has 1 aliphatic heterocycles. The van der Waals surface area contributed by atoms with Gasteiger partial charge in [-0.15, -0.1) is 38.5 Å². The van der Waals surface area contributed by atoms with Crippen LogP contribution >= 0.6 is 11.8 Å². The summed E-state index contributed by atoms with van der Waals surface area (Å²) in [6.07, 6.45) is 1.83. The topological polar surface area (TPSA) is 30.3 Å². The first-order chi connectivity index (χ1) is 17.8. The number of para-hydroxylation sites is 3. The van der Waals surface area contributed by atoms with Crippen molar-refractivity contribution < 1.29 is 25.7 Å². The van der Waals surface area contributed by atoms with Crippen molar-refractivity contribution in [2.24, 2.45) is 0 Å². The third-order valence-electron chi connectivity index (χ3n) is 6.55. The van der Waals surface area contributed by atoms with Gasteiger partial charge in [-0.2, -0.15) is 36.4 Å². The minimum absolute atomic E-state index is 0. The Kier molecular flexibility index (Phi) is 6.31. The molecule has 0 saturated carbocycles. The van der Waals surface area contributed by atoms with Crippen molar-refractivity contribution in [1.82, 2.24) is 9.55 Å². The number of anilines is 1. The zero-order valence-corrected chi connectivity index (χ0v) is 23.0. The number of rotatable bonds is 4. The molecule has 6 aromatic rings. The maximum atomic E-state index is 6.23. The van der Waals surface area contributed by atoms with Crippen LogP contribution in [0.4, 0.5) is 5.69 Å². The van der Waals surface area contributed by atoms with Gasteiger partial charge >= 0.3 is 28.1 Å². The van der Waals surface area contributed by atoms with E-state index in [0.717, 1.165) is 48.9 Å². The molecule has 37 heavy (non-hydrogen) atoms. The van der Waals surface area contributed by atoms with Crippen molar-refractivity contribution in [3.8, 4) is 11.6 Å². The second-order valence-electron chi connectivity index (χ2n) is 8.75. The fourth-order valence-electron chi connectivity index (χ4n) is 4.89. The maximum absolute atomic E-state index is 6.23. The molecule has 0 spiro atoms. The number of hydrogen-bond donors (Lipinski definition) is 0. The predicted octanol–water partition coefficient (Wildman–Crippen LogP) is 6.15. The first-order valence-corrected chi connectivity index (χ1v) is 12.6. The minimum Gasteiger partial charge on any atom is -0.537 e. The smallest absolute Gasteiger partial charge is 0.537 e. The van der Waals surface area contributed by atoms with Gasteiger partial charge in [-0.1, -0.05) is 41.9 Å². The van der Waals surface area contributed by atoms with Gasteiger partial charge in [-0.05, 0) is 42.8 Å². The van der Waals surface area contributed by atoms with Crippen molar-refractivity contribution in [3.63, 3.8) is 0 Å². The third-order valence-corrected chi connectivity index (χ3v) is 7.46.